The van der Waals surface area contributed by atoms with Crippen molar-refractivity contribution >= 4 is 28.4 Å². The van der Waals surface area contributed by atoms with Crippen LogP contribution in [0.3, 0.4) is 0 Å². The quantitative estimate of drug-likeness (QED) is 0.437. The zero-order chi connectivity index (χ0) is 23.3. The van der Waals surface area contributed by atoms with E-state index in [1.165, 1.54) is 0 Å². The number of hydrogen-bond acceptors (Lipinski definition) is 5. The molecule has 1 unspecified atom stereocenters. The number of piperidine rings is 1. The average molecular weight is 472 g/mol. The summed E-state index contributed by atoms with van der Waals surface area (Å²) in [5.74, 6) is 0.0152. The molecule has 4 aromatic rings. The molecular weight excluding hydrogens is 446 g/mol. The van der Waals surface area contributed by atoms with Gasteiger partial charge in [0.2, 0.25) is 5.91 Å². The van der Waals surface area contributed by atoms with Crippen LogP contribution in [0.15, 0.2) is 79.3 Å². The van der Waals surface area contributed by atoms with Gasteiger partial charge in [0.05, 0.1) is 29.1 Å². The first-order chi connectivity index (χ1) is 16.7. The minimum absolute atomic E-state index is 0.0349. The molecule has 34 heavy (non-hydrogen) atoms. The van der Waals surface area contributed by atoms with E-state index in [0.29, 0.717) is 10.7 Å². The number of carbonyl (C=O) groups is 1. The van der Waals surface area contributed by atoms with Gasteiger partial charge in [0, 0.05) is 35.3 Å². The van der Waals surface area contributed by atoms with E-state index in [-0.39, 0.29) is 17.9 Å². The summed E-state index contributed by atoms with van der Waals surface area (Å²) in [5, 5.41) is 5.01. The Kier molecular flexibility index (Phi) is 6.79. The van der Waals surface area contributed by atoms with Gasteiger partial charge in [-0.1, -0.05) is 48.0 Å². The minimum Gasteiger partial charge on any atom is -0.343 e. The molecule has 172 valence electrons. The van der Waals surface area contributed by atoms with Crippen molar-refractivity contribution < 1.29 is 4.79 Å². The van der Waals surface area contributed by atoms with E-state index in [1.807, 2.05) is 42.5 Å². The summed E-state index contributed by atoms with van der Waals surface area (Å²) in [6.07, 6.45) is 6.59. The van der Waals surface area contributed by atoms with E-state index in [4.69, 9.17) is 16.6 Å². The topological polar surface area (TPSA) is 71.0 Å². The molecule has 0 saturated carbocycles. The summed E-state index contributed by atoms with van der Waals surface area (Å²) in [6, 6.07) is 19.5. The molecule has 1 aliphatic heterocycles. The normalized spacial score (nSPS) is 15.8. The third-order valence-electron chi connectivity index (χ3n) is 6.37. The number of fused-ring (bicyclic) bond motifs is 1. The van der Waals surface area contributed by atoms with Gasteiger partial charge in [0.1, 0.15) is 0 Å². The molecule has 1 atom stereocenters. The Morgan fingerprint density at radius 2 is 1.82 bits per heavy atom. The molecule has 1 saturated heterocycles. The van der Waals surface area contributed by atoms with Gasteiger partial charge < -0.3 is 5.32 Å². The molecule has 1 fully saturated rings. The Labute approximate surface area is 204 Å². The molecule has 0 spiro atoms. The molecule has 0 aliphatic carbocycles. The van der Waals surface area contributed by atoms with Gasteiger partial charge in [-0.25, -0.2) is 0 Å². The van der Waals surface area contributed by atoms with Crippen LogP contribution in [0, 0.1) is 5.92 Å². The highest BCUT2D eigenvalue weighted by atomic mass is 35.5. The maximum Gasteiger partial charge on any atom is 0.224 e. The van der Waals surface area contributed by atoms with Crippen LogP contribution in [0.2, 0.25) is 5.02 Å². The van der Waals surface area contributed by atoms with Gasteiger partial charge in [0.25, 0.3) is 0 Å². The molecule has 1 amide bonds. The lowest BCUT2D eigenvalue weighted by molar-refractivity contribution is -0.127. The van der Waals surface area contributed by atoms with Crippen LogP contribution in [0.25, 0.3) is 10.9 Å². The highest BCUT2D eigenvalue weighted by Gasteiger charge is 2.28. The van der Waals surface area contributed by atoms with Crippen LogP contribution in [0.1, 0.15) is 35.8 Å². The number of rotatable bonds is 6. The second-order valence-corrected chi connectivity index (χ2v) is 9.11. The predicted molar refractivity (Wildman–Crippen MR) is 133 cm³/mol. The minimum atomic E-state index is -0.363. The average Bonchev–Trinajstić information content (AvgIpc) is 2.89. The Morgan fingerprint density at radius 3 is 2.59 bits per heavy atom. The first-order valence-electron chi connectivity index (χ1n) is 11.5. The van der Waals surface area contributed by atoms with Gasteiger partial charge in [0.15, 0.2) is 0 Å². The van der Waals surface area contributed by atoms with Crippen molar-refractivity contribution in [1.82, 2.24) is 25.2 Å². The van der Waals surface area contributed by atoms with Crippen LogP contribution in [-0.2, 0) is 11.3 Å². The van der Waals surface area contributed by atoms with E-state index in [9.17, 15) is 4.79 Å². The monoisotopic (exact) mass is 471 g/mol. The summed E-state index contributed by atoms with van der Waals surface area (Å²) in [6.45, 7) is 2.53. The van der Waals surface area contributed by atoms with Crippen molar-refractivity contribution in [2.75, 3.05) is 13.1 Å². The van der Waals surface area contributed by atoms with Gasteiger partial charge in [-0.15, -0.1) is 0 Å². The number of pyridine rings is 1. The number of amides is 1. The fourth-order valence-corrected chi connectivity index (χ4v) is 4.61. The van der Waals surface area contributed by atoms with Crippen molar-refractivity contribution in [3.63, 3.8) is 0 Å². The van der Waals surface area contributed by atoms with Crippen LogP contribution in [0.5, 0.6) is 0 Å². The fraction of sp³-hybridized carbons (Fsp3) is 0.259. The number of benzene rings is 2. The van der Waals surface area contributed by atoms with E-state index in [0.717, 1.165) is 54.6 Å². The van der Waals surface area contributed by atoms with Crippen LogP contribution < -0.4 is 5.32 Å². The number of hydrogen-bond donors (Lipinski definition) is 1. The second-order valence-electron chi connectivity index (χ2n) is 8.67. The van der Waals surface area contributed by atoms with Crippen molar-refractivity contribution in [3.05, 3.63) is 101 Å². The summed E-state index contributed by atoms with van der Waals surface area (Å²) in [7, 11) is 0. The maximum absolute atomic E-state index is 13.2. The Balaban J connectivity index is 1.22. The van der Waals surface area contributed by atoms with E-state index < -0.39 is 0 Å². The Bertz CT molecular complexity index is 1260. The van der Waals surface area contributed by atoms with Crippen LogP contribution >= 0.6 is 11.6 Å². The summed E-state index contributed by atoms with van der Waals surface area (Å²) < 4.78 is 0. The lowest BCUT2D eigenvalue weighted by Crippen LogP contribution is -2.41. The van der Waals surface area contributed by atoms with Crippen LogP contribution in [0.4, 0.5) is 0 Å². The standard InChI is InChI=1S/C27H26ClN5O/c28-22-8-5-20(6-9-22)26(25-17-29-13-14-30-25)32-27(34)21-11-15-33(16-12-21)18-23-10-7-19-3-1-2-4-24(19)31-23/h1-10,13-14,17,21,26H,11-12,15-16,18H2,(H,32,34). The molecule has 3 heterocycles. The molecule has 1 N–H and O–H groups in total. The molecule has 7 heteroatoms. The van der Waals surface area contributed by atoms with Crippen molar-refractivity contribution in [2.24, 2.45) is 5.92 Å². The van der Waals surface area contributed by atoms with Gasteiger partial charge >= 0.3 is 0 Å². The molecule has 2 aromatic carbocycles. The van der Waals surface area contributed by atoms with Gasteiger partial charge in [-0.05, 0) is 55.8 Å². The SMILES string of the molecule is O=C(NC(c1ccc(Cl)cc1)c1cnccn1)C1CCN(Cc2ccc3ccccc3n2)CC1. The lowest BCUT2D eigenvalue weighted by atomic mass is 9.94. The Morgan fingerprint density at radius 1 is 1.03 bits per heavy atom. The third-order valence-corrected chi connectivity index (χ3v) is 6.62. The fourth-order valence-electron chi connectivity index (χ4n) is 4.48. The molecular formula is C27H26ClN5O. The third kappa shape index (κ3) is 5.24. The first kappa shape index (κ1) is 22.4. The smallest absolute Gasteiger partial charge is 0.224 e. The van der Waals surface area contributed by atoms with E-state index in [1.54, 1.807) is 18.6 Å². The largest absolute Gasteiger partial charge is 0.343 e. The summed E-state index contributed by atoms with van der Waals surface area (Å²) >= 11 is 6.07. The molecule has 0 bridgehead atoms. The summed E-state index contributed by atoms with van der Waals surface area (Å²) in [4.78, 5) is 29.0. The number of nitrogens with one attached hydrogen (secondary N) is 1. The molecule has 2 aromatic heterocycles. The van der Waals surface area contributed by atoms with Crippen molar-refractivity contribution in [1.29, 1.82) is 0 Å². The van der Waals surface area contributed by atoms with Crippen LogP contribution in [-0.4, -0.2) is 38.8 Å². The lowest BCUT2D eigenvalue weighted by Gasteiger charge is -2.32. The molecule has 0 radical (unpaired) electrons. The van der Waals surface area contributed by atoms with Gasteiger partial charge in [-0.2, -0.15) is 0 Å². The number of nitrogens with zero attached hydrogens (tertiary/aromatic N) is 4. The first-order valence-corrected chi connectivity index (χ1v) is 11.9. The highest BCUT2D eigenvalue weighted by Crippen LogP contribution is 2.25. The van der Waals surface area contributed by atoms with Crippen molar-refractivity contribution in [3.8, 4) is 0 Å². The zero-order valence-electron chi connectivity index (χ0n) is 18.8. The predicted octanol–water partition coefficient (Wildman–Crippen LogP) is 4.80. The second kappa shape index (κ2) is 10.3. The molecule has 6 nitrogen and oxygen atoms in total. The number of carbonyl (C=O) groups excluding carboxylic acids is 1. The Hall–Kier alpha value is -3.35. The van der Waals surface area contributed by atoms with E-state index in [2.05, 4.69) is 38.4 Å². The summed E-state index contributed by atoms with van der Waals surface area (Å²) in [5.41, 5.74) is 3.72. The highest BCUT2D eigenvalue weighted by molar-refractivity contribution is 6.30. The molecule has 5 rings (SSSR count). The zero-order valence-corrected chi connectivity index (χ0v) is 19.5. The number of likely N-dealkylation sites (tertiary alicyclic amines) is 1. The van der Waals surface area contributed by atoms with E-state index >= 15 is 0 Å². The number of aromatic nitrogens is 3. The maximum atomic E-state index is 13.2. The van der Waals surface area contributed by atoms with Crippen molar-refractivity contribution in [2.45, 2.75) is 25.4 Å². The van der Waals surface area contributed by atoms with Gasteiger partial charge in [-0.3, -0.25) is 24.6 Å². The number of halogens is 1. The molecule has 1 aliphatic rings. The number of para-hydroxylation sites is 1.